The van der Waals surface area contributed by atoms with Gasteiger partial charge >= 0.3 is 5.97 Å². The second-order valence-corrected chi connectivity index (χ2v) is 8.33. The van der Waals surface area contributed by atoms with Crippen molar-refractivity contribution in [3.8, 4) is 21.9 Å². The van der Waals surface area contributed by atoms with Crippen LogP contribution in [0.3, 0.4) is 0 Å². The molecule has 0 bridgehead atoms. The zero-order valence-electron chi connectivity index (χ0n) is 16.9. The summed E-state index contributed by atoms with van der Waals surface area (Å²) >= 11 is 2.40. The third-order valence-corrected chi connectivity index (χ3v) is 6.37. The number of thioether (sulfide) groups is 1. The van der Waals surface area contributed by atoms with E-state index >= 15 is 0 Å². The molecule has 0 spiro atoms. The van der Waals surface area contributed by atoms with Gasteiger partial charge < -0.3 is 24.4 Å². The van der Waals surface area contributed by atoms with E-state index in [1.807, 2.05) is 6.07 Å². The lowest BCUT2D eigenvalue weighted by atomic mass is 10.1. The van der Waals surface area contributed by atoms with Gasteiger partial charge in [0.1, 0.15) is 11.4 Å². The fraction of sp³-hybridized carbons (Fsp3) is 0.350. The van der Waals surface area contributed by atoms with Crippen LogP contribution in [0, 0.1) is 0 Å². The number of amides is 2. The zero-order valence-corrected chi connectivity index (χ0v) is 18.5. The predicted octanol–water partition coefficient (Wildman–Crippen LogP) is 3.72. The van der Waals surface area contributed by atoms with Crippen molar-refractivity contribution in [3.05, 3.63) is 29.1 Å². The Kier molecular flexibility index (Phi) is 7.22. The minimum absolute atomic E-state index is 0.0599. The van der Waals surface area contributed by atoms with Crippen molar-refractivity contribution < 1.29 is 28.6 Å². The van der Waals surface area contributed by atoms with Crippen molar-refractivity contribution in [2.24, 2.45) is 0 Å². The van der Waals surface area contributed by atoms with E-state index in [0.717, 1.165) is 10.4 Å². The fourth-order valence-corrected chi connectivity index (χ4v) is 4.72. The van der Waals surface area contributed by atoms with Crippen LogP contribution in [0.15, 0.2) is 24.3 Å². The summed E-state index contributed by atoms with van der Waals surface area (Å²) in [5, 5.41) is 2.63. The summed E-state index contributed by atoms with van der Waals surface area (Å²) in [6, 6.07) is 7.13. The molecule has 1 fully saturated rings. The van der Waals surface area contributed by atoms with Gasteiger partial charge in [-0.1, -0.05) is 11.8 Å². The maximum atomic E-state index is 12.5. The van der Waals surface area contributed by atoms with E-state index < -0.39 is 5.97 Å². The van der Waals surface area contributed by atoms with Gasteiger partial charge in [-0.05, 0) is 36.8 Å². The molecule has 0 atom stereocenters. The number of rotatable bonds is 8. The average molecular weight is 451 g/mol. The molecule has 2 aromatic rings. The SMILES string of the molecule is CCOC(=O)c1sc(-c2ccc(OC)c(OC)c2)cc1NC(=O)CN1CCSC1=O. The molecule has 3 rings (SSSR count). The second-order valence-electron chi connectivity index (χ2n) is 6.23. The van der Waals surface area contributed by atoms with Crippen LogP contribution in [0.5, 0.6) is 11.5 Å². The zero-order chi connectivity index (χ0) is 21.7. The highest BCUT2D eigenvalue weighted by molar-refractivity contribution is 8.13. The monoisotopic (exact) mass is 450 g/mol. The van der Waals surface area contributed by atoms with E-state index in [1.165, 1.54) is 28.0 Å². The summed E-state index contributed by atoms with van der Waals surface area (Å²) in [6.45, 7) is 2.41. The summed E-state index contributed by atoms with van der Waals surface area (Å²) in [5.74, 6) is 0.925. The average Bonchev–Trinajstić information content (AvgIpc) is 3.34. The molecular formula is C20H22N2O6S2. The molecule has 1 aromatic heterocycles. The normalized spacial score (nSPS) is 13.3. The van der Waals surface area contributed by atoms with Crippen molar-refractivity contribution in [3.63, 3.8) is 0 Å². The van der Waals surface area contributed by atoms with Crippen molar-refractivity contribution >= 4 is 45.9 Å². The Morgan fingerprint density at radius 3 is 2.57 bits per heavy atom. The van der Waals surface area contributed by atoms with Gasteiger partial charge in [-0.2, -0.15) is 0 Å². The topological polar surface area (TPSA) is 94.2 Å². The number of methoxy groups -OCH3 is 2. The van der Waals surface area contributed by atoms with E-state index in [1.54, 1.807) is 39.3 Å². The maximum Gasteiger partial charge on any atom is 0.350 e. The molecule has 160 valence electrons. The highest BCUT2D eigenvalue weighted by Crippen LogP contribution is 2.39. The number of carbonyl (C=O) groups excluding carboxylic acids is 3. The van der Waals surface area contributed by atoms with Crippen LogP contribution in [0.1, 0.15) is 16.6 Å². The third kappa shape index (κ3) is 4.88. The summed E-state index contributed by atoms with van der Waals surface area (Å²) in [6.07, 6.45) is 0. The van der Waals surface area contributed by atoms with Gasteiger partial charge in [-0.3, -0.25) is 9.59 Å². The van der Waals surface area contributed by atoms with Gasteiger partial charge in [0.2, 0.25) is 5.91 Å². The molecule has 1 aliphatic heterocycles. The molecule has 1 N–H and O–H groups in total. The molecule has 1 aromatic carbocycles. The van der Waals surface area contributed by atoms with E-state index in [4.69, 9.17) is 14.2 Å². The molecular weight excluding hydrogens is 428 g/mol. The number of esters is 1. The minimum Gasteiger partial charge on any atom is -0.493 e. The number of thiophene rings is 1. The van der Waals surface area contributed by atoms with Crippen LogP contribution in [0.4, 0.5) is 10.5 Å². The molecule has 10 heteroatoms. The Morgan fingerprint density at radius 1 is 1.17 bits per heavy atom. The molecule has 2 amide bonds. The van der Waals surface area contributed by atoms with Gasteiger partial charge in [0.05, 0.1) is 26.5 Å². The van der Waals surface area contributed by atoms with E-state index in [2.05, 4.69) is 5.32 Å². The Bertz CT molecular complexity index is 959. The van der Waals surface area contributed by atoms with Crippen molar-refractivity contribution in [2.45, 2.75) is 6.92 Å². The number of nitrogens with zero attached hydrogens (tertiary/aromatic N) is 1. The Balaban J connectivity index is 1.88. The smallest absolute Gasteiger partial charge is 0.350 e. The number of hydrogen-bond donors (Lipinski definition) is 1. The van der Waals surface area contributed by atoms with E-state index in [-0.39, 0.29) is 29.2 Å². The quantitative estimate of drug-likeness (QED) is 0.613. The van der Waals surface area contributed by atoms with Crippen LogP contribution in [0.25, 0.3) is 10.4 Å². The first-order valence-corrected chi connectivity index (χ1v) is 11.0. The van der Waals surface area contributed by atoms with E-state index in [0.29, 0.717) is 29.5 Å². The standard InChI is InChI=1S/C20H22N2O6S2/c1-4-28-19(24)18-13(21-17(23)11-22-7-8-29-20(22)25)10-16(30-18)12-5-6-14(26-2)15(9-12)27-3/h5-6,9-10H,4,7-8,11H2,1-3H3,(H,21,23). The van der Waals surface area contributed by atoms with Gasteiger partial charge in [0, 0.05) is 17.2 Å². The van der Waals surface area contributed by atoms with Gasteiger partial charge in [0.25, 0.3) is 5.24 Å². The van der Waals surface area contributed by atoms with Crippen LogP contribution in [-0.2, 0) is 9.53 Å². The summed E-state index contributed by atoms with van der Waals surface area (Å²) < 4.78 is 15.8. The van der Waals surface area contributed by atoms with Crippen molar-refractivity contribution in [2.75, 3.05) is 45.0 Å². The number of carbonyl (C=O) groups is 3. The predicted molar refractivity (Wildman–Crippen MR) is 117 cm³/mol. The summed E-state index contributed by atoms with van der Waals surface area (Å²) in [7, 11) is 3.10. The molecule has 0 saturated carbocycles. The largest absolute Gasteiger partial charge is 0.493 e. The lowest BCUT2D eigenvalue weighted by Crippen LogP contribution is -2.33. The lowest BCUT2D eigenvalue weighted by molar-refractivity contribution is -0.116. The van der Waals surface area contributed by atoms with Crippen LogP contribution in [0.2, 0.25) is 0 Å². The molecule has 0 aliphatic carbocycles. The van der Waals surface area contributed by atoms with Crippen molar-refractivity contribution in [1.82, 2.24) is 4.90 Å². The number of benzene rings is 1. The molecule has 0 radical (unpaired) electrons. The number of hydrogen-bond acceptors (Lipinski definition) is 8. The molecule has 30 heavy (non-hydrogen) atoms. The van der Waals surface area contributed by atoms with Crippen LogP contribution >= 0.6 is 23.1 Å². The summed E-state index contributed by atoms with van der Waals surface area (Å²) in [4.78, 5) is 39.2. The molecule has 2 heterocycles. The molecule has 0 unspecified atom stereocenters. The second kappa shape index (κ2) is 9.86. The summed E-state index contributed by atoms with van der Waals surface area (Å²) in [5.41, 5.74) is 1.15. The van der Waals surface area contributed by atoms with Gasteiger partial charge in [0.15, 0.2) is 11.5 Å². The van der Waals surface area contributed by atoms with Crippen LogP contribution < -0.4 is 14.8 Å². The number of anilines is 1. The van der Waals surface area contributed by atoms with Gasteiger partial charge in [-0.25, -0.2) is 4.79 Å². The minimum atomic E-state index is -0.516. The van der Waals surface area contributed by atoms with Crippen molar-refractivity contribution in [1.29, 1.82) is 0 Å². The van der Waals surface area contributed by atoms with Crippen LogP contribution in [-0.4, -0.2) is 61.7 Å². The number of nitrogens with one attached hydrogen (secondary N) is 1. The third-order valence-electron chi connectivity index (χ3n) is 4.31. The molecule has 1 aliphatic rings. The van der Waals surface area contributed by atoms with E-state index in [9.17, 15) is 14.4 Å². The first kappa shape index (κ1) is 22.0. The Hall–Kier alpha value is -2.72. The maximum absolute atomic E-state index is 12.5. The Labute approximate surface area is 182 Å². The number of ether oxygens (including phenoxy) is 3. The molecule has 1 saturated heterocycles. The Morgan fingerprint density at radius 2 is 1.93 bits per heavy atom. The fourth-order valence-electron chi connectivity index (χ4n) is 2.90. The highest BCUT2D eigenvalue weighted by atomic mass is 32.2. The highest BCUT2D eigenvalue weighted by Gasteiger charge is 2.25. The molecule has 8 nitrogen and oxygen atoms in total. The first-order valence-electron chi connectivity index (χ1n) is 9.21. The lowest BCUT2D eigenvalue weighted by Gasteiger charge is -2.14. The van der Waals surface area contributed by atoms with Gasteiger partial charge in [-0.15, -0.1) is 11.3 Å². The first-order chi connectivity index (χ1) is 14.5.